The molecule has 20 nitrogen and oxygen atoms in total. The Hall–Kier alpha value is -5.77. The van der Waals surface area contributed by atoms with Crippen molar-refractivity contribution < 1.29 is 62.1 Å². The van der Waals surface area contributed by atoms with Crippen molar-refractivity contribution in [3.05, 3.63) is 103 Å². The number of aryl methyl sites for hydroxylation is 1. The number of aliphatic hydroxyl groups is 1. The van der Waals surface area contributed by atoms with E-state index in [1.807, 2.05) is 0 Å². The zero-order valence-corrected chi connectivity index (χ0v) is 40.3. The van der Waals surface area contributed by atoms with Crippen molar-refractivity contribution >= 4 is 60.3 Å². The van der Waals surface area contributed by atoms with E-state index in [0.29, 0.717) is 52.7 Å². The van der Waals surface area contributed by atoms with Crippen LogP contribution in [0, 0.1) is 6.92 Å². The number of fused-ring (bicyclic) bond motifs is 2. The molecule has 3 aliphatic heterocycles. The number of rotatable bonds is 24. The number of amides is 3. The van der Waals surface area contributed by atoms with Gasteiger partial charge in [-0.2, -0.15) is 18.5 Å². The number of H-pyrrole nitrogens is 1. The standard InChI is InChI=1S/C48H55N4O16PS/c1-28-26-52(48(62)50-45(28)58)43-24-36(55)39(68-43)27-66-69(63,64-2)65-19-20-70-40-25-42(57)51(46(40)59)18-10-8-6-4-3-5-7-9-11-41(56)49-29-12-15-32(35(21-29)47(60)61)44-33-16-13-30(53)22-37(33)67-38-23-31(54)14-17-34(38)44/h12-17,21-23,26,36,39-40,43,55,63H,3-11,18-20,24-25,27H2,1-2H3,(H3-,49,50,53,54,56,58,60,61,62)/p+1. The zero-order chi connectivity index (χ0) is 50.1. The highest BCUT2D eigenvalue weighted by Gasteiger charge is 2.47. The molecule has 2 aromatic carbocycles. The number of benzene rings is 3. The number of aromatic carboxylic acids is 1. The lowest BCUT2D eigenvalue weighted by Crippen LogP contribution is -2.33. The van der Waals surface area contributed by atoms with Crippen LogP contribution < -0.4 is 22.0 Å². The number of phenols is 1. The predicted molar refractivity (Wildman–Crippen MR) is 260 cm³/mol. The van der Waals surface area contributed by atoms with Gasteiger partial charge in [0.2, 0.25) is 17.7 Å². The summed E-state index contributed by atoms with van der Waals surface area (Å²) in [4.78, 5) is 102. The number of hydrogen-bond donors (Lipinski definition) is 6. The van der Waals surface area contributed by atoms with Crippen LogP contribution in [0.25, 0.3) is 33.4 Å². The van der Waals surface area contributed by atoms with Crippen molar-refractivity contribution in [2.24, 2.45) is 0 Å². The molecule has 70 heavy (non-hydrogen) atoms. The second-order valence-corrected chi connectivity index (χ2v) is 20.3. The summed E-state index contributed by atoms with van der Waals surface area (Å²) in [5, 5.41) is 33.6. The lowest BCUT2D eigenvalue weighted by Gasteiger charge is -2.18. The van der Waals surface area contributed by atoms with Gasteiger partial charge in [0, 0.05) is 77.7 Å². The third-order valence-electron chi connectivity index (χ3n) is 12.2. The largest absolute Gasteiger partial charge is 0.572 e. The van der Waals surface area contributed by atoms with Gasteiger partial charge in [0.25, 0.3) is 5.56 Å². The van der Waals surface area contributed by atoms with Gasteiger partial charge < -0.3 is 29.8 Å². The van der Waals surface area contributed by atoms with Gasteiger partial charge in [0.1, 0.15) is 42.6 Å². The van der Waals surface area contributed by atoms with Gasteiger partial charge in [-0.1, -0.05) is 44.6 Å². The van der Waals surface area contributed by atoms with Gasteiger partial charge in [-0.25, -0.2) is 9.59 Å². The fraction of sp³-hybridized carbons (Fsp3) is 0.438. The van der Waals surface area contributed by atoms with Crippen LogP contribution >= 0.6 is 19.9 Å². The molecule has 2 saturated heterocycles. The molecule has 3 amide bonds. The van der Waals surface area contributed by atoms with Gasteiger partial charge >= 0.3 is 19.8 Å². The number of carboxylic acid groups (broad SMARTS) is 1. The first-order valence-electron chi connectivity index (χ1n) is 23.0. The number of aromatic amines is 1. The molecule has 0 radical (unpaired) electrons. The van der Waals surface area contributed by atoms with Crippen LogP contribution in [0.4, 0.5) is 5.69 Å². The maximum atomic E-state index is 13.1. The van der Waals surface area contributed by atoms with Gasteiger partial charge in [-0.3, -0.25) is 38.4 Å². The highest BCUT2D eigenvalue weighted by Crippen LogP contribution is 2.57. The number of nitrogens with zero attached hydrogens (tertiary/aromatic N) is 2. The summed E-state index contributed by atoms with van der Waals surface area (Å²) in [7, 11) is -2.65. The number of ether oxygens (including phenoxy) is 1. The first kappa shape index (κ1) is 52.1. The normalized spacial score (nSPS) is 19.1. The molecular formula is C48H56N4O16PS+. The number of carbonyl (C=O) groups excluding carboxylic acids is 3. The molecule has 4 aliphatic rings. The predicted octanol–water partition coefficient (Wildman–Crippen LogP) is 6.14. The Morgan fingerprint density at radius 1 is 0.929 bits per heavy atom. The van der Waals surface area contributed by atoms with E-state index < -0.39 is 49.1 Å². The lowest BCUT2D eigenvalue weighted by atomic mass is 9.90. The monoisotopic (exact) mass is 1010 g/mol. The number of hydrogen-bond acceptors (Lipinski definition) is 16. The van der Waals surface area contributed by atoms with Crippen LogP contribution in [-0.4, -0.2) is 108 Å². The van der Waals surface area contributed by atoms with Gasteiger partial charge in [0.05, 0.1) is 24.0 Å². The topological polar surface area (TPSA) is 286 Å². The van der Waals surface area contributed by atoms with Crippen molar-refractivity contribution in [3.63, 3.8) is 0 Å². The van der Waals surface area contributed by atoms with Crippen molar-refractivity contribution in [1.29, 1.82) is 0 Å². The molecule has 6 N–H and O–H groups in total. The van der Waals surface area contributed by atoms with Gasteiger partial charge in [-0.05, 0) is 61.7 Å². The number of carbonyl (C=O) groups is 4. The molecule has 22 heteroatoms. The number of thioether (sulfide) groups is 1. The van der Waals surface area contributed by atoms with Crippen LogP contribution in [0.1, 0.15) is 92.8 Å². The number of nitrogens with one attached hydrogen (secondary N) is 2. The van der Waals surface area contributed by atoms with E-state index in [1.165, 1.54) is 71.8 Å². The average molecular weight is 1010 g/mol. The number of carboxylic acids is 1. The molecule has 5 unspecified atom stereocenters. The molecule has 1 aromatic heterocycles. The molecule has 0 saturated carbocycles. The highest BCUT2D eigenvalue weighted by molar-refractivity contribution is 8.00. The SMILES string of the molecule is CO[P+](O)(OCCSC1CC(=O)N(CCCCCCCCCCC(=O)Nc2ccc(-c3c4ccc(=O)cc-4oc4cc(O)ccc34)c(C(=O)O)c2)C1=O)OCC1OC(n2cc(C)c(=O)[nH]c2=O)CC1O. The number of phenolic OH excluding ortho intramolecular Hbond substituents is 1. The number of imide groups is 1. The number of unbranched alkanes of at least 4 members (excludes halogenated alkanes) is 7. The number of anilines is 1. The Morgan fingerprint density at radius 3 is 2.40 bits per heavy atom. The summed E-state index contributed by atoms with van der Waals surface area (Å²) in [6, 6.07) is 13.4. The van der Waals surface area contributed by atoms with E-state index in [0.717, 1.165) is 38.5 Å². The molecule has 374 valence electrons. The average Bonchev–Trinajstić information content (AvgIpc) is 3.83. The third-order valence-corrected chi connectivity index (χ3v) is 14.8. The Kier molecular flexibility index (Phi) is 17.4. The van der Waals surface area contributed by atoms with Gasteiger partial charge in [0.15, 0.2) is 5.43 Å². The molecule has 0 bridgehead atoms. The van der Waals surface area contributed by atoms with Crippen LogP contribution in [0.3, 0.4) is 0 Å². The van der Waals surface area contributed by atoms with E-state index in [1.54, 1.807) is 24.3 Å². The van der Waals surface area contributed by atoms with E-state index in [4.69, 9.17) is 22.7 Å². The molecule has 2 fully saturated rings. The second kappa shape index (κ2) is 23.4. The van der Waals surface area contributed by atoms with Crippen LogP contribution in [-0.2, 0) is 32.7 Å². The summed E-state index contributed by atoms with van der Waals surface area (Å²) >= 11 is 1.23. The first-order chi connectivity index (χ1) is 33.5. The zero-order valence-electron chi connectivity index (χ0n) is 38.6. The number of aliphatic hydroxyl groups excluding tert-OH is 1. The molecule has 7 rings (SSSR count). The number of likely N-dealkylation sites (tertiary alicyclic amines) is 1. The molecule has 5 atom stereocenters. The lowest BCUT2D eigenvalue weighted by molar-refractivity contribution is -0.138. The first-order valence-corrected chi connectivity index (χ1v) is 25.5. The number of aromatic nitrogens is 2. The Labute approximate surface area is 405 Å². The van der Waals surface area contributed by atoms with E-state index in [2.05, 4.69) is 10.3 Å². The second-order valence-electron chi connectivity index (χ2n) is 17.1. The molecule has 0 spiro atoms. The van der Waals surface area contributed by atoms with Crippen molar-refractivity contribution in [1.82, 2.24) is 14.5 Å². The van der Waals surface area contributed by atoms with Crippen molar-refractivity contribution in [2.75, 3.05) is 37.9 Å². The number of aromatic hydroxyl groups is 1. The van der Waals surface area contributed by atoms with E-state index >= 15 is 0 Å². The smallest absolute Gasteiger partial charge is 0.508 e. The third kappa shape index (κ3) is 12.8. The minimum absolute atomic E-state index is 0.0367. The molecule has 3 aromatic rings. The van der Waals surface area contributed by atoms with E-state index in [9.17, 15) is 53.8 Å². The van der Waals surface area contributed by atoms with E-state index in [-0.39, 0.29) is 84.0 Å². The molecule has 1 aliphatic carbocycles. The van der Waals surface area contributed by atoms with Crippen molar-refractivity contribution in [3.8, 4) is 28.2 Å². The Bertz CT molecular complexity index is 2870. The van der Waals surface area contributed by atoms with Gasteiger partial charge in [-0.15, -0.1) is 11.8 Å². The quantitative estimate of drug-likeness (QED) is 0.0175. The Balaban J connectivity index is 0.757. The minimum atomic E-state index is -3.85. The minimum Gasteiger partial charge on any atom is -0.508 e. The summed E-state index contributed by atoms with van der Waals surface area (Å²) in [5.41, 5.74) is 0.697. The van der Waals surface area contributed by atoms with Crippen LogP contribution in [0.2, 0.25) is 0 Å². The van der Waals surface area contributed by atoms with Crippen LogP contribution in [0.15, 0.2) is 79.6 Å². The maximum absolute atomic E-state index is 13.1. The fourth-order valence-corrected chi connectivity index (χ4v) is 10.6. The molecule has 4 heterocycles. The Morgan fingerprint density at radius 2 is 1.66 bits per heavy atom. The summed E-state index contributed by atoms with van der Waals surface area (Å²) in [6.07, 6.45) is 5.60. The fourth-order valence-electron chi connectivity index (χ4n) is 8.51. The summed E-state index contributed by atoms with van der Waals surface area (Å²) < 4.78 is 28.9. The van der Waals surface area contributed by atoms with Crippen LogP contribution in [0.5, 0.6) is 5.75 Å². The van der Waals surface area contributed by atoms with Crippen molar-refractivity contribution in [2.45, 2.75) is 101 Å². The molecular weight excluding hydrogens is 952 g/mol. The maximum Gasteiger partial charge on any atom is 0.572 e. The summed E-state index contributed by atoms with van der Waals surface area (Å²) in [6.45, 7) is 1.48. The summed E-state index contributed by atoms with van der Waals surface area (Å²) in [5.74, 6) is -1.53. The highest BCUT2D eigenvalue weighted by atomic mass is 32.2.